The zero-order chi connectivity index (χ0) is 12.3. The van der Waals surface area contributed by atoms with E-state index in [9.17, 15) is 0 Å². The minimum Gasteiger partial charge on any atom is -0.410 e. The second-order valence-electron chi connectivity index (χ2n) is 5.98. The van der Waals surface area contributed by atoms with Crippen LogP contribution in [0.3, 0.4) is 0 Å². The van der Waals surface area contributed by atoms with Crippen molar-refractivity contribution in [1.82, 2.24) is 0 Å². The number of rotatable bonds is 5. The topological polar surface area (TPSA) is 9.23 Å². The molecule has 0 aromatic rings. The third-order valence-corrected chi connectivity index (χ3v) is 10.2. The summed E-state index contributed by atoms with van der Waals surface area (Å²) in [5.41, 5.74) is 2.09. The SMILES string of the molecule is CC(C)[Si](OC1C=CCC1)(C(C)C)C(C)C. The summed E-state index contributed by atoms with van der Waals surface area (Å²) in [7, 11) is -1.64. The summed E-state index contributed by atoms with van der Waals surface area (Å²) in [6, 6.07) is 0. The summed E-state index contributed by atoms with van der Waals surface area (Å²) in [5, 5.41) is 0. The maximum Gasteiger partial charge on any atom is 0.201 e. The fraction of sp³-hybridized carbons (Fsp3) is 0.857. The molecule has 0 saturated carbocycles. The van der Waals surface area contributed by atoms with Gasteiger partial charge >= 0.3 is 0 Å². The van der Waals surface area contributed by atoms with E-state index in [0.29, 0.717) is 22.7 Å². The fourth-order valence-electron chi connectivity index (χ4n) is 3.37. The summed E-state index contributed by atoms with van der Waals surface area (Å²) < 4.78 is 6.64. The Balaban J connectivity index is 2.87. The van der Waals surface area contributed by atoms with E-state index in [4.69, 9.17) is 4.43 Å². The number of hydrogen-bond donors (Lipinski definition) is 0. The molecule has 0 aromatic carbocycles. The molecular formula is C14H28OSi. The minimum atomic E-state index is -1.64. The van der Waals surface area contributed by atoms with E-state index in [0.717, 1.165) is 0 Å². The Morgan fingerprint density at radius 2 is 1.50 bits per heavy atom. The van der Waals surface area contributed by atoms with Crippen LogP contribution in [0.1, 0.15) is 54.4 Å². The Bertz CT molecular complexity index is 221. The van der Waals surface area contributed by atoms with Gasteiger partial charge in [-0.25, -0.2) is 0 Å². The summed E-state index contributed by atoms with van der Waals surface area (Å²) in [6.07, 6.45) is 7.34. The smallest absolute Gasteiger partial charge is 0.201 e. The van der Waals surface area contributed by atoms with E-state index in [1.807, 2.05) is 0 Å². The Morgan fingerprint density at radius 1 is 1.00 bits per heavy atom. The third-order valence-electron chi connectivity index (χ3n) is 4.03. The molecule has 0 amide bonds. The molecule has 0 aliphatic heterocycles. The predicted octanol–water partition coefficient (Wildman–Crippen LogP) is 4.90. The van der Waals surface area contributed by atoms with Gasteiger partial charge in [-0.15, -0.1) is 0 Å². The Morgan fingerprint density at radius 3 is 1.81 bits per heavy atom. The van der Waals surface area contributed by atoms with Crippen LogP contribution in [0.4, 0.5) is 0 Å². The van der Waals surface area contributed by atoms with Crippen LogP contribution < -0.4 is 0 Å². The summed E-state index contributed by atoms with van der Waals surface area (Å²) in [6.45, 7) is 14.1. The molecule has 2 heteroatoms. The lowest BCUT2D eigenvalue weighted by Crippen LogP contribution is -2.49. The van der Waals surface area contributed by atoms with Crippen molar-refractivity contribution in [1.29, 1.82) is 0 Å². The fourth-order valence-corrected chi connectivity index (χ4v) is 8.91. The lowest BCUT2D eigenvalue weighted by Gasteiger charge is -2.43. The van der Waals surface area contributed by atoms with E-state index < -0.39 is 8.32 Å². The van der Waals surface area contributed by atoms with E-state index in [1.54, 1.807) is 0 Å². The highest BCUT2D eigenvalue weighted by Gasteiger charge is 2.46. The second kappa shape index (κ2) is 5.50. The van der Waals surface area contributed by atoms with Crippen molar-refractivity contribution in [2.75, 3.05) is 0 Å². The highest BCUT2D eigenvalue weighted by molar-refractivity contribution is 6.77. The van der Waals surface area contributed by atoms with Gasteiger partial charge < -0.3 is 4.43 Å². The van der Waals surface area contributed by atoms with Crippen molar-refractivity contribution in [3.05, 3.63) is 12.2 Å². The van der Waals surface area contributed by atoms with Crippen LogP contribution in [0.5, 0.6) is 0 Å². The van der Waals surface area contributed by atoms with Gasteiger partial charge in [0.2, 0.25) is 8.32 Å². The first kappa shape index (κ1) is 14.0. The molecule has 1 rings (SSSR count). The number of allylic oxidation sites excluding steroid dienone is 1. The monoisotopic (exact) mass is 240 g/mol. The summed E-state index contributed by atoms with van der Waals surface area (Å²) in [5.74, 6) is 0. The van der Waals surface area contributed by atoms with Crippen molar-refractivity contribution in [3.63, 3.8) is 0 Å². The summed E-state index contributed by atoms with van der Waals surface area (Å²) in [4.78, 5) is 0. The zero-order valence-corrected chi connectivity index (χ0v) is 12.8. The van der Waals surface area contributed by atoms with Crippen LogP contribution in [-0.2, 0) is 4.43 Å². The molecular weight excluding hydrogens is 212 g/mol. The molecule has 0 radical (unpaired) electrons. The molecule has 0 saturated heterocycles. The highest BCUT2D eigenvalue weighted by Crippen LogP contribution is 2.43. The predicted molar refractivity (Wildman–Crippen MR) is 74.3 cm³/mol. The average Bonchev–Trinajstić information content (AvgIpc) is 2.64. The van der Waals surface area contributed by atoms with Crippen LogP contribution in [0, 0.1) is 0 Å². The largest absolute Gasteiger partial charge is 0.410 e. The van der Waals surface area contributed by atoms with Gasteiger partial charge in [0.1, 0.15) is 0 Å². The van der Waals surface area contributed by atoms with Gasteiger partial charge in [0.15, 0.2) is 0 Å². The van der Waals surface area contributed by atoms with E-state index in [1.165, 1.54) is 12.8 Å². The Kier molecular flexibility index (Phi) is 4.81. The average molecular weight is 240 g/mol. The highest BCUT2D eigenvalue weighted by atomic mass is 28.4. The number of hydrogen-bond acceptors (Lipinski definition) is 1. The molecule has 1 unspecified atom stereocenters. The quantitative estimate of drug-likeness (QED) is 0.491. The molecule has 0 bridgehead atoms. The molecule has 0 heterocycles. The molecule has 0 spiro atoms. The van der Waals surface area contributed by atoms with Crippen molar-refractivity contribution in [2.45, 2.75) is 77.1 Å². The van der Waals surface area contributed by atoms with Gasteiger partial charge in [-0.2, -0.15) is 0 Å². The standard InChI is InChI=1S/C14H28OSi/c1-11(2)16(12(3)4,13(5)6)15-14-9-7-8-10-14/h7,9,11-14H,8,10H2,1-6H3. The molecule has 0 aromatic heterocycles. The first-order chi connectivity index (χ1) is 7.41. The molecule has 0 fully saturated rings. The zero-order valence-electron chi connectivity index (χ0n) is 11.8. The normalized spacial score (nSPS) is 21.7. The molecule has 1 atom stereocenters. The Hall–Kier alpha value is -0.0831. The molecule has 1 aliphatic carbocycles. The second-order valence-corrected chi connectivity index (χ2v) is 11.4. The van der Waals surface area contributed by atoms with Crippen LogP contribution >= 0.6 is 0 Å². The first-order valence-electron chi connectivity index (χ1n) is 6.75. The molecule has 0 N–H and O–H groups in total. The van der Waals surface area contributed by atoms with Crippen molar-refractivity contribution >= 4 is 8.32 Å². The third kappa shape index (κ3) is 2.59. The van der Waals surface area contributed by atoms with Gasteiger partial charge in [-0.05, 0) is 29.5 Å². The Labute approximate surface area is 102 Å². The maximum atomic E-state index is 6.64. The van der Waals surface area contributed by atoms with Crippen molar-refractivity contribution in [3.8, 4) is 0 Å². The van der Waals surface area contributed by atoms with Crippen LogP contribution in [0.15, 0.2) is 12.2 Å². The summed E-state index contributed by atoms with van der Waals surface area (Å²) >= 11 is 0. The lowest BCUT2D eigenvalue weighted by molar-refractivity contribution is 0.216. The van der Waals surface area contributed by atoms with Gasteiger partial charge in [0, 0.05) is 0 Å². The minimum absolute atomic E-state index is 0.402. The van der Waals surface area contributed by atoms with Crippen molar-refractivity contribution < 1.29 is 4.43 Å². The van der Waals surface area contributed by atoms with Gasteiger partial charge in [-0.1, -0.05) is 53.7 Å². The van der Waals surface area contributed by atoms with Gasteiger partial charge in [0.05, 0.1) is 6.10 Å². The molecule has 1 nitrogen and oxygen atoms in total. The molecule has 16 heavy (non-hydrogen) atoms. The van der Waals surface area contributed by atoms with E-state index in [2.05, 4.69) is 53.7 Å². The van der Waals surface area contributed by atoms with Crippen LogP contribution in [0.25, 0.3) is 0 Å². The molecule has 94 valence electrons. The molecule has 1 aliphatic rings. The van der Waals surface area contributed by atoms with Gasteiger partial charge in [-0.3, -0.25) is 0 Å². The lowest BCUT2D eigenvalue weighted by atomic mass is 10.3. The van der Waals surface area contributed by atoms with Crippen LogP contribution in [-0.4, -0.2) is 14.4 Å². The van der Waals surface area contributed by atoms with E-state index >= 15 is 0 Å². The van der Waals surface area contributed by atoms with E-state index in [-0.39, 0.29) is 0 Å². The van der Waals surface area contributed by atoms with Gasteiger partial charge in [0.25, 0.3) is 0 Å². The van der Waals surface area contributed by atoms with Crippen LogP contribution in [0.2, 0.25) is 16.6 Å². The van der Waals surface area contributed by atoms with Crippen molar-refractivity contribution in [2.24, 2.45) is 0 Å². The first-order valence-corrected chi connectivity index (χ1v) is 8.89. The maximum absolute atomic E-state index is 6.64.